The van der Waals surface area contributed by atoms with Crippen molar-refractivity contribution in [2.24, 2.45) is 0 Å². The monoisotopic (exact) mass is 513 g/mol. The minimum Gasteiger partial charge on any atom is -0.490 e. The van der Waals surface area contributed by atoms with E-state index in [0.29, 0.717) is 28.1 Å². The third-order valence-corrected chi connectivity index (χ3v) is 7.02. The van der Waals surface area contributed by atoms with Gasteiger partial charge in [0.05, 0.1) is 23.4 Å². The van der Waals surface area contributed by atoms with E-state index in [2.05, 4.69) is 6.58 Å². The van der Waals surface area contributed by atoms with Gasteiger partial charge in [-0.05, 0) is 61.0 Å². The highest BCUT2D eigenvalue weighted by atomic mass is 32.2. The lowest BCUT2D eigenvalue weighted by atomic mass is 10.0. The number of hydrogen-bond acceptors (Lipinski definition) is 6. The van der Waals surface area contributed by atoms with Gasteiger partial charge in [0.15, 0.2) is 0 Å². The first-order valence-corrected chi connectivity index (χ1v) is 12.5. The van der Waals surface area contributed by atoms with E-state index in [1.807, 2.05) is 78.5 Å². The van der Waals surface area contributed by atoms with Crippen LogP contribution in [0, 0.1) is 6.92 Å². The largest absolute Gasteiger partial charge is 0.490 e. The molecule has 0 saturated carbocycles. The van der Waals surface area contributed by atoms with E-state index in [4.69, 9.17) is 26.5 Å². The van der Waals surface area contributed by atoms with E-state index >= 15 is 0 Å². The molecule has 1 saturated heterocycles. The first kappa shape index (κ1) is 23.8. The maximum absolute atomic E-state index is 13.2. The van der Waals surface area contributed by atoms with Gasteiger partial charge in [-0.2, -0.15) is 5.10 Å². The molecule has 8 heteroatoms. The molecular formula is C28H23N3O3S2. The van der Waals surface area contributed by atoms with E-state index < -0.39 is 0 Å². The van der Waals surface area contributed by atoms with Crippen LogP contribution in [0.2, 0.25) is 0 Å². The second-order valence-corrected chi connectivity index (χ2v) is 9.81. The molecule has 36 heavy (non-hydrogen) atoms. The number of benzene rings is 2. The average Bonchev–Trinajstić information content (AvgIpc) is 3.61. The third kappa shape index (κ3) is 4.91. The molecule has 2 aromatic heterocycles. The van der Waals surface area contributed by atoms with E-state index in [9.17, 15) is 4.79 Å². The van der Waals surface area contributed by atoms with Gasteiger partial charge < -0.3 is 9.15 Å². The Kier molecular flexibility index (Phi) is 6.88. The molecule has 2 aromatic carbocycles. The summed E-state index contributed by atoms with van der Waals surface area (Å²) >= 11 is 6.79. The molecule has 4 aromatic rings. The number of carbonyl (C=O) groups is 1. The van der Waals surface area contributed by atoms with Gasteiger partial charge in [-0.15, -0.1) is 0 Å². The van der Waals surface area contributed by atoms with Gasteiger partial charge in [0, 0.05) is 17.3 Å². The standard InChI is InChI=1S/C28H23N3O3S2/c1-3-13-33-22-11-12-24(19(2)15-22)26-20(17-31(29-26)21-8-5-4-6-9-21)16-25-27(32)30(28(35)36-25)18-23-10-7-14-34-23/h3-12,14-17H,1,13,18H2,2H3/b25-16+. The molecule has 5 rings (SSSR count). The fourth-order valence-electron chi connectivity index (χ4n) is 3.90. The summed E-state index contributed by atoms with van der Waals surface area (Å²) in [5.74, 6) is 1.29. The molecule has 1 fully saturated rings. The highest BCUT2D eigenvalue weighted by Crippen LogP contribution is 2.36. The number of hydrogen-bond donors (Lipinski definition) is 0. The number of thiocarbonyl (C=S) groups is 1. The molecule has 6 nitrogen and oxygen atoms in total. The average molecular weight is 514 g/mol. The maximum Gasteiger partial charge on any atom is 0.266 e. The molecule has 1 amide bonds. The first-order chi connectivity index (χ1) is 17.5. The van der Waals surface area contributed by atoms with Crippen molar-refractivity contribution in [2.75, 3.05) is 6.61 Å². The molecule has 0 N–H and O–H groups in total. The first-order valence-electron chi connectivity index (χ1n) is 11.3. The SMILES string of the molecule is C=CCOc1ccc(-c2nn(-c3ccccc3)cc2/C=C2/SC(=S)N(Cc3ccco3)C2=O)c(C)c1. The maximum atomic E-state index is 13.2. The molecule has 3 heterocycles. The Morgan fingerprint density at radius 2 is 2.00 bits per heavy atom. The molecule has 0 bridgehead atoms. The number of carbonyl (C=O) groups excluding carboxylic acids is 1. The molecule has 0 aliphatic carbocycles. The van der Waals surface area contributed by atoms with Crippen molar-refractivity contribution in [1.82, 2.24) is 14.7 Å². The van der Waals surface area contributed by atoms with Gasteiger partial charge in [-0.25, -0.2) is 4.68 Å². The van der Waals surface area contributed by atoms with Crippen LogP contribution in [0.1, 0.15) is 16.9 Å². The quantitative estimate of drug-likeness (QED) is 0.154. The predicted octanol–water partition coefficient (Wildman–Crippen LogP) is 6.41. The number of furan rings is 1. The number of para-hydroxylation sites is 1. The number of thioether (sulfide) groups is 1. The number of aryl methyl sites for hydroxylation is 1. The lowest BCUT2D eigenvalue weighted by Crippen LogP contribution is -2.27. The van der Waals surface area contributed by atoms with E-state index in [1.54, 1.807) is 23.3 Å². The van der Waals surface area contributed by atoms with Crippen LogP contribution in [-0.2, 0) is 11.3 Å². The summed E-state index contributed by atoms with van der Waals surface area (Å²) in [6, 6.07) is 19.4. The second-order valence-electron chi connectivity index (χ2n) is 8.14. The van der Waals surface area contributed by atoms with Gasteiger partial charge >= 0.3 is 0 Å². The van der Waals surface area contributed by atoms with Crippen LogP contribution < -0.4 is 4.74 Å². The van der Waals surface area contributed by atoms with Crippen LogP contribution in [-0.4, -0.2) is 31.5 Å². The Hall–Kier alpha value is -3.88. The van der Waals surface area contributed by atoms with Crippen LogP contribution >= 0.6 is 24.0 Å². The summed E-state index contributed by atoms with van der Waals surface area (Å²) < 4.78 is 13.4. The topological polar surface area (TPSA) is 60.5 Å². The van der Waals surface area contributed by atoms with Gasteiger partial charge in [-0.3, -0.25) is 9.69 Å². The highest BCUT2D eigenvalue weighted by molar-refractivity contribution is 8.26. The van der Waals surface area contributed by atoms with Crippen LogP contribution in [0.5, 0.6) is 5.75 Å². The van der Waals surface area contributed by atoms with Crippen molar-refractivity contribution >= 4 is 40.3 Å². The zero-order valence-electron chi connectivity index (χ0n) is 19.6. The molecule has 0 spiro atoms. The number of aromatic nitrogens is 2. The second kappa shape index (κ2) is 10.4. The van der Waals surface area contributed by atoms with Crippen LogP contribution in [0.3, 0.4) is 0 Å². The van der Waals surface area contributed by atoms with Crippen molar-refractivity contribution in [2.45, 2.75) is 13.5 Å². The lowest BCUT2D eigenvalue weighted by Gasteiger charge is -2.12. The smallest absolute Gasteiger partial charge is 0.266 e. The minimum atomic E-state index is -0.148. The molecule has 1 aliphatic heterocycles. The van der Waals surface area contributed by atoms with Crippen LogP contribution in [0.4, 0.5) is 0 Å². The van der Waals surface area contributed by atoms with E-state index in [1.165, 1.54) is 11.8 Å². The summed E-state index contributed by atoms with van der Waals surface area (Å²) in [6.07, 6.45) is 7.10. The molecule has 0 atom stereocenters. The van der Waals surface area contributed by atoms with Crippen molar-refractivity contribution in [3.63, 3.8) is 0 Å². The Labute approximate surface area is 218 Å². The predicted molar refractivity (Wildman–Crippen MR) is 147 cm³/mol. The van der Waals surface area contributed by atoms with Gasteiger partial charge in [0.1, 0.15) is 28.1 Å². The van der Waals surface area contributed by atoms with E-state index in [-0.39, 0.29) is 5.91 Å². The summed E-state index contributed by atoms with van der Waals surface area (Å²) in [5, 5.41) is 4.90. The van der Waals surface area contributed by atoms with E-state index in [0.717, 1.165) is 33.8 Å². The lowest BCUT2D eigenvalue weighted by molar-refractivity contribution is -0.122. The van der Waals surface area contributed by atoms with Crippen molar-refractivity contribution in [3.05, 3.63) is 108 Å². The molecular weight excluding hydrogens is 490 g/mol. The minimum absolute atomic E-state index is 0.148. The van der Waals surface area contributed by atoms with Crippen LogP contribution in [0.25, 0.3) is 23.0 Å². The zero-order chi connectivity index (χ0) is 25.1. The number of amides is 1. The summed E-state index contributed by atoms with van der Waals surface area (Å²) in [5.41, 5.74) is 4.47. The van der Waals surface area contributed by atoms with Crippen molar-refractivity contribution in [3.8, 4) is 22.7 Å². The Bertz CT molecular complexity index is 1460. The molecule has 0 radical (unpaired) electrons. The zero-order valence-corrected chi connectivity index (χ0v) is 21.2. The molecule has 180 valence electrons. The number of rotatable bonds is 8. The molecule has 1 aliphatic rings. The summed E-state index contributed by atoms with van der Waals surface area (Å²) in [4.78, 5) is 15.3. The fraction of sp³-hybridized carbons (Fsp3) is 0.107. The van der Waals surface area contributed by atoms with Crippen LogP contribution in [0.15, 0.2) is 95.1 Å². The van der Waals surface area contributed by atoms with Gasteiger partial charge in [-0.1, -0.05) is 54.8 Å². The third-order valence-electron chi connectivity index (χ3n) is 5.64. The number of nitrogens with zero attached hydrogens (tertiary/aromatic N) is 3. The van der Waals surface area contributed by atoms with Crippen molar-refractivity contribution in [1.29, 1.82) is 0 Å². The van der Waals surface area contributed by atoms with Gasteiger partial charge in [0.25, 0.3) is 5.91 Å². The highest BCUT2D eigenvalue weighted by Gasteiger charge is 2.33. The summed E-state index contributed by atoms with van der Waals surface area (Å²) in [6.45, 7) is 6.46. The fourth-order valence-corrected chi connectivity index (χ4v) is 5.14. The number of ether oxygens (including phenoxy) is 1. The Morgan fingerprint density at radius 1 is 1.17 bits per heavy atom. The van der Waals surface area contributed by atoms with Crippen molar-refractivity contribution < 1.29 is 13.9 Å². The molecule has 0 unspecified atom stereocenters. The normalized spacial score (nSPS) is 14.6. The van der Waals surface area contributed by atoms with Gasteiger partial charge in [0.2, 0.25) is 0 Å². The Morgan fingerprint density at radius 3 is 2.72 bits per heavy atom. The Balaban J connectivity index is 1.54. The summed E-state index contributed by atoms with van der Waals surface area (Å²) in [7, 11) is 0.